The quantitative estimate of drug-likeness (QED) is 0.354. The van der Waals surface area contributed by atoms with Gasteiger partial charge in [-0.3, -0.25) is 4.57 Å². The summed E-state index contributed by atoms with van der Waals surface area (Å²) in [5, 5.41) is 0. The predicted molar refractivity (Wildman–Crippen MR) is 128 cm³/mol. The maximum atomic E-state index is 14.3. The number of ether oxygens (including phenoxy) is 2. The van der Waals surface area contributed by atoms with Crippen molar-refractivity contribution in [2.24, 2.45) is 0 Å². The van der Waals surface area contributed by atoms with Gasteiger partial charge in [0.05, 0.1) is 42.2 Å². The molecule has 4 aromatic rings. The molecule has 0 radical (unpaired) electrons. The van der Waals surface area contributed by atoms with Gasteiger partial charge in [-0.2, -0.15) is 0 Å². The van der Waals surface area contributed by atoms with Crippen LogP contribution in [0.25, 0.3) is 22.2 Å². The number of pyridine rings is 1. The Hall–Kier alpha value is -3.80. The van der Waals surface area contributed by atoms with Crippen LogP contribution in [-0.4, -0.2) is 48.7 Å². The first-order valence-corrected chi connectivity index (χ1v) is 12.8. The summed E-state index contributed by atoms with van der Waals surface area (Å²) in [7, 11) is -2.17. The number of methoxy groups -OCH3 is 1. The van der Waals surface area contributed by atoms with Gasteiger partial charge in [0, 0.05) is 17.9 Å². The number of imidazole rings is 1. The molecule has 0 aliphatic rings. The highest BCUT2D eigenvalue weighted by atomic mass is 32.2. The Morgan fingerprint density at radius 2 is 1.78 bits per heavy atom. The van der Waals surface area contributed by atoms with Gasteiger partial charge in [-0.1, -0.05) is 6.07 Å². The molecule has 190 valence electrons. The number of sulfone groups is 1. The SMILES string of the molecule is CCOc1nc([C@@H](CS(C)(=O)=O)n2c(=O)[nH]c3cc(-c4cc(F)c(F)cc4F)ccc32)ccc1OC. The summed E-state index contributed by atoms with van der Waals surface area (Å²) in [6, 6.07) is 7.50. The van der Waals surface area contributed by atoms with Crippen molar-refractivity contribution in [3.05, 3.63) is 76.1 Å². The number of hydrogen-bond donors (Lipinski definition) is 1. The summed E-state index contributed by atoms with van der Waals surface area (Å²) in [6.07, 6.45) is 1.04. The molecule has 36 heavy (non-hydrogen) atoms. The average Bonchev–Trinajstić information content (AvgIpc) is 3.14. The van der Waals surface area contributed by atoms with E-state index in [1.54, 1.807) is 13.0 Å². The first-order chi connectivity index (χ1) is 17.0. The van der Waals surface area contributed by atoms with Crippen molar-refractivity contribution in [3.63, 3.8) is 0 Å². The zero-order valence-electron chi connectivity index (χ0n) is 19.5. The lowest BCUT2D eigenvalue weighted by Gasteiger charge is -2.19. The Balaban J connectivity index is 1.89. The van der Waals surface area contributed by atoms with E-state index in [2.05, 4.69) is 9.97 Å². The highest BCUT2D eigenvalue weighted by Gasteiger charge is 2.26. The molecule has 0 spiro atoms. The Bertz CT molecular complexity index is 1620. The Morgan fingerprint density at radius 3 is 2.44 bits per heavy atom. The molecule has 8 nitrogen and oxygen atoms in total. The number of nitrogens with zero attached hydrogens (tertiary/aromatic N) is 2. The van der Waals surface area contributed by atoms with Crippen molar-refractivity contribution in [2.45, 2.75) is 13.0 Å². The van der Waals surface area contributed by atoms with Gasteiger partial charge in [-0.25, -0.2) is 31.4 Å². The average molecular weight is 522 g/mol. The standard InChI is InChI=1S/C24H22F3N3O5S/c1-4-35-23-22(34-2)8-6-18(28-23)21(12-36(3,32)33)30-20-7-5-13(9-19(20)29-24(30)31)14-10-16(26)17(27)11-15(14)25/h5-11,21H,4,12H2,1-3H3,(H,29,31)/t21-/m1/s1. The van der Waals surface area contributed by atoms with Crippen molar-refractivity contribution >= 4 is 20.9 Å². The second-order valence-electron chi connectivity index (χ2n) is 8.06. The molecule has 0 aliphatic heterocycles. The molecule has 0 bridgehead atoms. The molecule has 0 saturated heterocycles. The third-order valence-corrected chi connectivity index (χ3v) is 6.42. The lowest BCUT2D eigenvalue weighted by Crippen LogP contribution is -2.29. The Kier molecular flexibility index (Phi) is 6.81. The van der Waals surface area contributed by atoms with Gasteiger partial charge in [0.1, 0.15) is 15.7 Å². The van der Waals surface area contributed by atoms with Crippen LogP contribution in [0.2, 0.25) is 0 Å². The van der Waals surface area contributed by atoms with Crippen LogP contribution in [0.1, 0.15) is 18.7 Å². The number of halogens is 3. The summed E-state index contributed by atoms with van der Waals surface area (Å²) in [6.45, 7) is 2.03. The van der Waals surface area contributed by atoms with Crippen LogP contribution in [0.3, 0.4) is 0 Å². The molecule has 0 saturated carbocycles. The molecule has 2 aromatic heterocycles. The van der Waals surface area contributed by atoms with Gasteiger partial charge in [0.2, 0.25) is 0 Å². The fourth-order valence-corrected chi connectivity index (χ4v) is 4.85. The van der Waals surface area contributed by atoms with Crippen molar-refractivity contribution in [2.75, 3.05) is 25.7 Å². The van der Waals surface area contributed by atoms with Crippen molar-refractivity contribution in [3.8, 4) is 22.8 Å². The first-order valence-electron chi connectivity index (χ1n) is 10.8. The monoisotopic (exact) mass is 521 g/mol. The van der Waals surface area contributed by atoms with E-state index in [-0.39, 0.29) is 34.8 Å². The highest BCUT2D eigenvalue weighted by Crippen LogP contribution is 2.31. The van der Waals surface area contributed by atoms with E-state index in [4.69, 9.17) is 9.47 Å². The highest BCUT2D eigenvalue weighted by molar-refractivity contribution is 7.90. The third kappa shape index (κ3) is 4.94. The van der Waals surface area contributed by atoms with Gasteiger partial charge in [-0.05, 0) is 42.8 Å². The molecule has 1 atom stereocenters. The van der Waals surface area contributed by atoms with Crippen LogP contribution in [0.15, 0.2) is 47.3 Å². The van der Waals surface area contributed by atoms with Crippen LogP contribution >= 0.6 is 0 Å². The number of hydrogen-bond acceptors (Lipinski definition) is 6. The topological polar surface area (TPSA) is 103 Å². The Labute approximate surface area is 204 Å². The summed E-state index contributed by atoms with van der Waals surface area (Å²) in [5.41, 5.74) is 0.124. The van der Waals surface area contributed by atoms with Crippen molar-refractivity contribution in [1.29, 1.82) is 0 Å². The van der Waals surface area contributed by atoms with Gasteiger partial charge in [0.15, 0.2) is 17.4 Å². The normalized spacial score (nSPS) is 12.6. The van der Waals surface area contributed by atoms with Crippen molar-refractivity contribution in [1.82, 2.24) is 14.5 Å². The van der Waals surface area contributed by atoms with Crippen molar-refractivity contribution < 1.29 is 31.1 Å². The van der Waals surface area contributed by atoms with Gasteiger partial charge in [-0.15, -0.1) is 0 Å². The Morgan fingerprint density at radius 1 is 1.06 bits per heavy atom. The molecule has 0 fully saturated rings. The molecule has 2 heterocycles. The largest absolute Gasteiger partial charge is 0.491 e. The van der Waals surface area contributed by atoms with E-state index < -0.39 is 44.8 Å². The van der Waals surface area contributed by atoms with Crippen LogP contribution < -0.4 is 15.2 Å². The fraction of sp³-hybridized carbons (Fsp3) is 0.250. The molecule has 0 amide bonds. The minimum atomic E-state index is -3.60. The zero-order valence-corrected chi connectivity index (χ0v) is 20.3. The van der Waals surface area contributed by atoms with E-state index in [0.717, 1.165) is 12.3 Å². The fourth-order valence-electron chi connectivity index (χ4n) is 3.95. The van der Waals surface area contributed by atoms with Crippen LogP contribution in [0.5, 0.6) is 11.6 Å². The smallest absolute Gasteiger partial charge is 0.327 e. The van der Waals surface area contributed by atoms with Crippen LogP contribution in [-0.2, 0) is 9.84 Å². The van der Waals surface area contributed by atoms with Gasteiger partial charge < -0.3 is 14.5 Å². The number of benzene rings is 2. The first kappa shape index (κ1) is 25.3. The second-order valence-corrected chi connectivity index (χ2v) is 10.2. The maximum absolute atomic E-state index is 14.3. The molecular formula is C24H22F3N3O5S. The van der Waals surface area contributed by atoms with Gasteiger partial charge >= 0.3 is 5.69 Å². The molecule has 1 N–H and O–H groups in total. The molecule has 0 aliphatic carbocycles. The van der Waals surface area contributed by atoms with E-state index in [1.165, 1.54) is 35.9 Å². The van der Waals surface area contributed by atoms with Crippen LogP contribution in [0, 0.1) is 17.5 Å². The molecular weight excluding hydrogens is 499 g/mol. The van der Waals surface area contributed by atoms with E-state index in [9.17, 15) is 26.4 Å². The second kappa shape index (κ2) is 9.69. The maximum Gasteiger partial charge on any atom is 0.327 e. The number of fused-ring (bicyclic) bond motifs is 1. The molecule has 0 unspecified atom stereocenters. The summed E-state index contributed by atoms with van der Waals surface area (Å²) < 4.78 is 78.0. The minimum Gasteiger partial charge on any atom is -0.491 e. The van der Waals surface area contributed by atoms with E-state index in [0.29, 0.717) is 17.3 Å². The number of H-pyrrole nitrogens is 1. The number of aromatic amines is 1. The minimum absolute atomic E-state index is 0.139. The zero-order chi connectivity index (χ0) is 26.2. The molecule has 4 rings (SSSR count). The van der Waals surface area contributed by atoms with E-state index >= 15 is 0 Å². The molecule has 2 aromatic carbocycles. The lowest BCUT2D eigenvalue weighted by atomic mass is 10.0. The number of rotatable bonds is 8. The number of nitrogens with one attached hydrogen (secondary N) is 1. The van der Waals surface area contributed by atoms with Crippen LogP contribution in [0.4, 0.5) is 13.2 Å². The summed E-state index contributed by atoms with van der Waals surface area (Å²) >= 11 is 0. The predicted octanol–water partition coefficient (Wildman–Crippen LogP) is 3.85. The third-order valence-electron chi connectivity index (χ3n) is 5.50. The van der Waals surface area contributed by atoms with E-state index in [1.807, 2.05) is 0 Å². The summed E-state index contributed by atoms with van der Waals surface area (Å²) in [5.74, 6) is -3.50. The molecule has 12 heteroatoms. The lowest BCUT2D eigenvalue weighted by molar-refractivity contribution is 0.296. The number of aromatic nitrogens is 3. The van der Waals surface area contributed by atoms with Gasteiger partial charge in [0.25, 0.3) is 5.88 Å². The summed E-state index contributed by atoms with van der Waals surface area (Å²) in [4.78, 5) is 20.1.